The van der Waals surface area contributed by atoms with Gasteiger partial charge in [-0.3, -0.25) is 10.1 Å². The lowest BCUT2D eigenvalue weighted by atomic mass is 10.1. The maximum absolute atomic E-state index is 10.6. The third-order valence-electron chi connectivity index (χ3n) is 2.98. The van der Waals surface area contributed by atoms with Crippen LogP contribution in [0.2, 0.25) is 0 Å². The summed E-state index contributed by atoms with van der Waals surface area (Å²) < 4.78 is 5.50. The van der Waals surface area contributed by atoms with E-state index >= 15 is 0 Å². The predicted octanol–water partition coefficient (Wildman–Crippen LogP) is 4.14. The van der Waals surface area contributed by atoms with Gasteiger partial charge in [0, 0.05) is 29.6 Å². The Hall–Kier alpha value is -1.37. The Kier molecular flexibility index (Phi) is 5.74. The Bertz CT molecular complexity index is 594. The molecule has 1 atom stereocenters. The lowest BCUT2D eigenvalue weighted by molar-refractivity contribution is -0.380. The first-order chi connectivity index (χ1) is 8.97. The highest BCUT2D eigenvalue weighted by Crippen LogP contribution is 2.24. The van der Waals surface area contributed by atoms with Crippen LogP contribution in [0, 0.1) is 24.0 Å². The van der Waals surface area contributed by atoms with Crippen molar-refractivity contribution in [2.24, 2.45) is 0 Å². The van der Waals surface area contributed by atoms with Gasteiger partial charge in [0.15, 0.2) is 0 Å². The molecular weight excluding hydrogens is 300 g/mol. The van der Waals surface area contributed by atoms with Crippen molar-refractivity contribution >= 4 is 28.7 Å². The van der Waals surface area contributed by atoms with Crippen molar-refractivity contribution in [2.45, 2.75) is 33.4 Å². The molecule has 2 aromatic rings. The molecule has 0 aliphatic rings. The van der Waals surface area contributed by atoms with Gasteiger partial charge in [-0.2, -0.15) is 0 Å². The third-order valence-corrected chi connectivity index (χ3v) is 3.91. The van der Waals surface area contributed by atoms with E-state index in [1.807, 2.05) is 25.3 Å². The normalized spacial score (nSPS) is 11.9. The number of hydrogen-bond acceptors (Lipinski definition) is 5. The van der Waals surface area contributed by atoms with Gasteiger partial charge in [-0.1, -0.05) is 11.3 Å². The number of furan rings is 1. The molecule has 110 valence electrons. The zero-order valence-corrected chi connectivity index (χ0v) is 13.1. The van der Waals surface area contributed by atoms with E-state index in [-0.39, 0.29) is 28.4 Å². The van der Waals surface area contributed by atoms with E-state index in [9.17, 15) is 10.1 Å². The first kappa shape index (κ1) is 16.7. The molecule has 0 saturated carbocycles. The Morgan fingerprint density at radius 1 is 1.45 bits per heavy atom. The number of thiophene rings is 1. The van der Waals surface area contributed by atoms with E-state index in [1.54, 1.807) is 6.07 Å². The summed E-state index contributed by atoms with van der Waals surface area (Å²) in [5.41, 5.74) is 2.06. The molecule has 0 bridgehead atoms. The Labute approximate surface area is 127 Å². The van der Waals surface area contributed by atoms with Gasteiger partial charge >= 0.3 is 5.00 Å². The summed E-state index contributed by atoms with van der Waals surface area (Å²) in [4.78, 5) is 10.2. The van der Waals surface area contributed by atoms with E-state index < -0.39 is 0 Å². The standard InChI is InChI=1S/C13H16N2O3S.ClH/c1-8-4-12(10(3)18-8)9(2)14-6-11-5-13(15(16)17)19-7-11;/h4-5,7,9,14H,6H2,1-3H3;1H. The van der Waals surface area contributed by atoms with Crippen LogP contribution in [0.5, 0.6) is 0 Å². The van der Waals surface area contributed by atoms with Crippen molar-refractivity contribution in [3.63, 3.8) is 0 Å². The third kappa shape index (κ3) is 3.82. The second-order valence-corrected chi connectivity index (χ2v) is 5.41. The van der Waals surface area contributed by atoms with Crippen LogP contribution >= 0.6 is 23.7 Å². The number of aryl methyl sites for hydroxylation is 2. The quantitative estimate of drug-likeness (QED) is 0.665. The Morgan fingerprint density at radius 3 is 2.65 bits per heavy atom. The average Bonchev–Trinajstić information content (AvgIpc) is 2.93. The topological polar surface area (TPSA) is 68.3 Å². The van der Waals surface area contributed by atoms with Crippen LogP contribution in [0.15, 0.2) is 21.9 Å². The van der Waals surface area contributed by atoms with Crippen LogP contribution < -0.4 is 5.32 Å². The van der Waals surface area contributed by atoms with E-state index in [2.05, 4.69) is 12.2 Å². The van der Waals surface area contributed by atoms with Crippen LogP contribution in [0.1, 0.15) is 35.6 Å². The van der Waals surface area contributed by atoms with Gasteiger partial charge in [-0.15, -0.1) is 12.4 Å². The number of nitrogens with one attached hydrogen (secondary N) is 1. The molecule has 0 saturated heterocycles. The van der Waals surface area contributed by atoms with Gasteiger partial charge in [0.05, 0.1) is 4.92 Å². The molecule has 0 spiro atoms. The lowest BCUT2D eigenvalue weighted by Gasteiger charge is -2.12. The van der Waals surface area contributed by atoms with E-state index in [1.165, 1.54) is 0 Å². The molecule has 0 aliphatic heterocycles. The van der Waals surface area contributed by atoms with Crippen LogP contribution in [-0.4, -0.2) is 4.92 Å². The van der Waals surface area contributed by atoms with Crippen LogP contribution in [0.3, 0.4) is 0 Å². The highest BCUT2D eigenvalue weighted by atomic mass is 35.5. The SMILES string of the molecule is Cc1cc(C(C)NCc2csc([N+](=O)[O-])c2)c(C)o1.Cl. The summed E-state index contributed by atoms with van der Waals surface area (Å²) in [5, 5.41) is 15.9. The van der Waals surface area contributed by atoms with Crippen molar-refractivity contribution < 1.29 is 9.34 Å². The van der Waals surface area contributed by atoms with Crippen LogP contribution in [0.4, 0.5) is 5.00 Å². The minimum atomic E-state index is -0.360. The predicted molar refractivity (Wildman–Crippen MR) is 81.7 cm³/mol. The van der Waals surface area contributed by atoms with Crippen molar-refractivity contribution in [3.8, 4) is 0 Å². The number of nitro groups is 1. The van der Waals surface area contributed by atoms with Crippen molar-refractivity contribution in [1.29, 1.82) is 0 Å². The zero-order chi connectivity index (χ0) is 14.0. The summed E-state index contributed by atoms with van der Waals surface area (Å²) in [6, 6.07) is 3.78. The van der Waals surface area contributed by atoms with Crippen LogP contribution in [0.25, 0.3) is 0 Å². The smallest absolute Gasteiger partial charge is 0.324 e. The fraction of sp³-hybridized carbons (Fsp3) is 0.385. The Morgan fingerprint density at radius 2 is 2.15 bits per heavy atom. The van der Waals surface area contributed by atoms with Crippen molar-refractivity contribution in [2.75, 3.05) is 0 Å². The highest BCUT2D eigenvalue weighted by molar-refractivity contribution is 7.13. The van der Waals surface area contributed by atoms with Crippen molar-refractivity contribution in [3.05, 3.63) is 50.3 Å². The maximum Gasteiger partial charge on any atom is 0.324 e. The van der Waals surface area contributed by atoms with E-state index in [0.717, 1.165) is 34.0 Å². The fourth-order valence-corrected chi connectivity index (χ4v) is 2.74. The molecule has 2 rings (SSSR count). The summed E-state index contributed by atoms with van der Waals surface area (Å²) in [7, 11) is 0. The lowest BCUT2D eigenvalue weighted by Crippen LogP contribution is -2.17. The van der Waals surface area contributed by atoms with Gasteiger partial charge < -0.3 is 9.73 Å². The molecular formula is C13H17ClN2O3S. The summed E-state index contributed by atoms with van der Waals surface area (Å²) in [5.74, 6) is 1.81. The number of rotatable bonds is 5. The summed E-state index contributed by atoms with van der Waals surface area (Å²) in [6.07, 6.45) is 0. The fourth-order valence-electron chi connectivity index (χ4n) is 2.01. The number of nitrogens with zero attached hydrogens (tertiary/aromatic N) is 1. The summed E-state index contributed by atoms with van der Waals surface area (Å²) in [6.45, 7) is 6.52. The van der Waals surface area contributed by atoms with Gasteiger partial charge in [-0.05, 0) is 32.4 Å². The molecule has 2 heterocycles. The van der Waals surface area contributed by atoms with Crippen LogP contribution in [-0.2, 0) is 6.54 Å². The molecule has 0 aromatic carbocycles. The molecule has 0 aliphatic carbocycles. The Balaban J connectivity index is 0.00000200. The highest BCUT2D eigenvalue weighted by Gasteiger charge is 2.14. The van der Waals surface area contributed by atoms with Crippen molar-refractivity contribution in [1.82, 2.24) is 5.32 Å². The first-order valence-electron chi connectivity index (χ1n) is 5.99. The monoisotopic (exact) mass is 316 g/mol. The second-order valence-electron chi connectivity index (χ2n) is 4.52. The molecule has 2 aromatic heterocycles. The van der Waals surface area contributed by atoms with E-state index in [0.29, 0.717) is 6.54 Å². The molecule has 0 radical (unpaired) electrons. The minimum Gasteiger partial charge on any atom is -0.466 e. The number of halogens is 1. The molecule has 1 unspecified atom stereocenters. The minimum absolute atomic E-state index is 0. The molecule has 7 heteroatoms. The summed E-state index contributed by atoms with van der Waals surface area (Å²) >= 11 is 1.15. The average molecular weight is 317 g/mol. The first-order valence-corrected chi connectivity index (χ1v) is 6.87. The van der Waals surface area contributed by atoms with Gasteiger partial charge in [0.25, 0.3) is 0 Å². The molecule has 0 fully saturated rings. The zero-order valence-electron chi connectivity index (χ0n) is 11.5. The van der Waals surface area contributed by atoms with Gasteiger partial charge in [-0.25, -0.2) is 0 Å². The largest absolute Gasteiger partial charge is 0.466 e. The molecule has 0 amide bonds. The molecule has 1 N–H and O–H groups in total. The second kappa shape index (κ2) is 6.88. The maximum atomic E-state index is 10.6. The number of hydrogen-bond donors (Lipinski definition) is 1. The molecule has 20 heavy (non-hydrogen) atoms. The van der Waals surface area contributed by atoms with Gasteiger partial charge in [0.2, 0.25) is 0 Å². The van der Waals surface area contributed by atoms with E-state index in [4.69, 9.17) is 4.42 Å². The molecule has 5 nitrogen and oxygen atoms in total. The van der Waals surface area contributed by atoms with Gasteiger partial charge in [0.1, 0.15) is 11.5 Å².